The maximum Gasteiger partial charge on any atom is 0.261 e. The van der Waals surface area contributed by atoms with Crippen molar-refractivity contribution < 1.29 is 14.3 Å². The van der Waals surface area contributed by atoms with E-state index in [1.165, 1.54) is 0 Å². The highest BCUT2D eigenvalue weighted by Crippen LogP contribution is 2.17. The summed E-state index contributed by atoms with van der Waals surface area (Å²) in [5.74, 6) is 0.225. The van der Waals surface area contributed by atoms with Crippen LogP contribution in [-0.4, -0.2) is 35.9 Å². The topological polar surface area (TPSA) is 58.6 Å². The van der Waals surface area contributed by atoms with Gasteiger partial charge < -0.3 is 15.0 Å². The van der Waals surface area contributed by atoms with Gasteiger partial charge in [-0.15, -0.1) is 0 Å². The van der Waals surface area contributed by atoms with Crippen molar-refractivity contribution in [3.63, 3.8) is 0 Å². The van der Waals surface area contributed by atoms with Gasteiger partial charge in [0.15, 0.2) is 6.61 Å². The van der Waals surface area contributed by atoms with Crippen molar-refractivity contribution in [1.82, 2.24) is 10.2 Å². The summed E-state index contributed by atoms with van der Waals surface area (Å²) in [6, 6.07) is 14.2. The van der Waals surface area contributed by atoms with Gasteiger partial charge in [0.25, 0.3) is 5.91 Å². The van der Waals surface area contributed by atoms with E-state index in [2.05, 4.69) is 5.32 Å². The number of aryl methyl sites for hydroxylation is 1. The van der Waals surface area contributed by atoms with Crippen LogP contribution in [0.5, 0.6) is 5.75 Å². The molecular formula is C22H27ClN2O3. The van der Waals surface area contributed by atoms with Crippen LogP contribution in [-0.2, 0) is 16.1 Å². The molecule has 1 N–H and O–H groups in total. The number of amides is 2. The summed E-state index contributed by atoms with van der Waals surface area (Å²) in [7, 11) is 0. The lowest BCUT2D eigenvalue weighted by atomic mass is 10.1. The van der Waals surface area contributed by atoms with Crippen molar-refractivity contribution in [2.24, 2.45) is 0 Å². The van der Waals surface area contributed by atoms with Crippen LogP contribution in [0.15, 0.2) is 48.5 Å². The number of hydrogen-bond donors (Lipinski definition) is 1. The molecule has 0 aliphatic carbocycles. The Morgan fingerprint density at radius 3 is 2.46 bits per heavy atom. The van der Waals surface area contributed by atoms with Crippen molar-refractivity contribution in [3.8, 4) is 5.75 Å². The zero-order valence-corrected chi connectivity index (χ0v) is 17.3. The quantitative estimate of drug-likeness (QED) is 0.690. The normalized spacial score (nSPS) is 11.6. The van der Waals surface area contributed by atoms with Gasteiger partial charge in [-0.3, -0.25) is 9.59 Å². The summed E-state index contributed by atoms with van der Waals surface area (Å²) < 4.78 is 5.68. The third-order valence-corrected chi connectivity index (χ3v) is 4.61. The van der Waals surface area contributed by atoms with Crippen molar-refractivity contribution in [2.75, 3.05) is 13.2 Å². The summed E-state index contributed by atoms with van der Waals surface area (Å²) >= 11 is 5.96. The molecule has 2 aromatic carbocycles. The number of likely N-dealkylation sites (N-methyl/N-ethyl adjacent to an activating group) is 1. The van der Waals surface area contributed by atoms with Crippen LogP contribution in [0, 0.1) is 6.92 Å². The second-order valence-corrected chi connectivity index (χ2v) is 7.01. The van der Waals surface area contributed by atoms with Gasteiger partial charge in [0.1, 0.15) is 11.8 Å². The van der Waals surface area contributed by atoms with Gasteiger partial charge >= 0.3 is 0 Å². The van der Waals surface area contributed by atoms with Crippen molar-refractivity contribution in [3.05, 3.63) is 64.7 Å². The number of ether oxygens (including phenoxy) is 1. The molecule has 6 heteroatoms. The number of rotatable bonds is 9. The number of hydrogen-bond acceptors (Lipinski definition) is 3. The Kier molecular flexibility index (Phi) is 8.33. The van der Waals surface area contributed by atoms with Crippen LogP contribution in [0.4, 0.5) is 0 Å². The first-order valence-electron chi connectivity index (χ1n) is 9.45. The van der Waals surface area contributed by atoms with Crippen LogP contribution in [0.1, 0.15) is 31.4 Å². The van der Waals surface area contributed by atoms with E-state index in [0.717, 1.165) is 11.1 Å². The maximum absolute atomic E-state index is 13.0. The van der Waals surface area contributed by atoms with E-state index in [1.807, 2.05) is 57.2 Å². The van der Waals surface area contributed by atoms with E-state index >= 15 is 0 Å². The molecule has 2 rings (SSSR count). The van der Waals surface area contributed by atoms with Crippen molar-refractivity contribution in [1.29, 1.82) is 0 Å². The molecule has 28 heavy (non-hydrogen) atoms. The Morgan fingerprint density at radius 2 is 1.86 bits per heavy atom. The lowest BCUT2D eigenvalue weighted by Gasteiger charge is -2.30. The fraction of sp³-hybridized carbons (Fsp3) is 0.364. The minimum Gasteiger partial charge on any atom is -0.484 e. The average Bonchev–Trinajstić information content (AvgIpc) is 2.68. The Labute approximate surface area is 171 Å². The first-order valence-corrected chi connectivity index (χ1v) is 9.83. The van der Waals surface area contributed by atoms with Crippen LogP contribution >= 0.6 is 11.6 Å². The third-order valence-electron chi connectivity index (χ3n) is 4.35. The lowest BCUT2D eigenvalue weighted by Crippen LogP contribution is -2.50. The fourth-order valence-electron chi connectivity index (χ4n) is 2.93. The molecule has 0 fully saturated rings. The van der Waals surface area contributed by atoms with Crippen molar-refractivity contribution >= 4 is 23.4 Å². The van der Waals surface area contributed by atoms with E-state index < -0.39 is 6.04 Å². The summed E-state index contributed by atoms with van der Waals surface area (Å²) in [5, 5.41) is 3.44. The second-order valence-electron chi connectivity index (χ2n) is 6.57. The highest BCUT2D eigenvalue weighted by molar-refractivity contribution is 6.30. The molecule has 0 aliphatic rings. The molecular weight excluding hydrogens is 376 g/mol. The molecule has 0 bridgehead atoms. The molecule has 0 aromatic heterocycles. The smallest absolute Gasteiger partial charge is 0.261 e. The maximum atomic E-state index is 13.0. The number of carbonyl (C=O) groups excluding carboxylic acids is 2. The largest absolute Gasteiger partial charge is 0.484 e. The predicted octanol–water partition coefficient (Wildman–Crippen LogP) is 3.97. The second kappa shape index (κ2) is 10.7. The molecule has 0 aliphatic heterocycles. The van der Waals surface area contributed by atoms with E-state index in [1.54, 1.807) is 17.0 Å². The first kappa shape index (κ1) is 21.8. The number of carbonyl (C=O) groups is 2. The van der Waals surface area contributed by atoms with E-state index in [4.69, 9.17) is 16.3 Å². The van der Waals surface area contributed by atoms with Crippen LogP contribution in [0.3, 0.4) is 0 Å². The highest BCUT2D eigenvalue weighted by atomic mass is 35.5. The number of halogens is 1. The summed E-state index contributed by atoms with van der Waals surface area (Å²) in [5.41, 5.74) is 1.95. The molecule has 0 saturated carbocycles. The van der Waals surface area contributed by atoms with Crippen LogP contribution in [0.2, 0.25) is 5.02 Å². The standard InChI is InChI=1S/C22H27ClN2O3/c1-4-20(22(27)24-5-2)25(14-17-9-11-18(23)12-10-17)21(26)15-28-19-8-6-7-16(3)13-19/h6-13,20H,4-5,14-15H2,1-3H3,(H,24,27)/t20-/m1/s1. The lowest BCUT2D eigenvalue weighted by molar-refractivity contribution is -0.142. The Bertz CT molecular complexity index is 793. The molecule has 1 atom stereocenters. The molecule has 150 valence electrons. The monoisotopic (exact) mass is 402 g/mol. The minimum atomic E-state index is -0.566. The van der Waals surface area contributed by atoms with Gasteiger partial charge in [-0.1, -0.05) is 42.8 Å². The molecule has 5 nitrogen and oxygen atoms in total. The van der Waals surface area contributed by atoms with E-state index in [9.17, 15) is 9.59 Å². The Hall–Kier alpha value is -2.53. The number of nitrogens with zero attached hydrogens (tertiary/aromatic N) is 1. The van der Waals surface area contributed by atoms with Gasteiger partial charge in [-0.05, 0) is 55.7 Å². The van der Waals surface area contributed by atoms with Gasteiger partial charge in [0, 0.05) is 18.1 Å². The van der Waals surface area contributed by atoms with E-state index in [-0.39, 0.29) is 18.4 Å². The molecule has 0 unspecified atom stereocenters. The Morgan fingerprint density at radius 1 is 1.14 bits per heavy atom. The molecule has 2 amide bonds. The number of benzene rings is 2. The fourth-order valence-corrected chi connectivity index (χ4v) is 3.06. The predicted molar refractivity (Wildman–Crippen MR) is 111 cm³/mol. The van der Waals surface area contributed by atoms with E-state index in [0.29, 0.717) is 30.3 Å². The molecule has 0 saturated heterocycles. The molecule has 2 aromatic rings. The Balaban J connectivity index is 2.18. The summed E-state index contributed by atoms with van der Waals surface area (Å²) in [6.45, 7) is 6.40. The zero-order chi connectivity index (χ0) is 20.5. The van der Waals surface area contributed by atoms with Gasteiger partial charge in [0.05, 0.1) is 0 Å². The number of nitrogens with one attached hydrogen (secondary N) is 1. The van der Waals surface area contributed by atoms with Crippen LogP contribution in [0.25, 0.3) is 0 Å². The molecule has 0 spiro atoms. The average molecular weight is 403 g/mol. The zero-order valence-electron chi connectivity index (χ0n) is 16.6. The van der Waals surface area contributed by atoms with Gasteiger partial charge in [-0.25, -0.2) is 0 Å². The molecule has 0 radical (unpaired) electrons. The summed E-state index contributed by atoms with van der Waals surface area (Å²) in [6.07, 6.45) is 0.510. The minimum absolute atomic E-state index is 0.132. The SMILES string of the molecule is CCNC(=O)[C@@H](CC)N(Cc1ccc(Cl)cc1)C(=O)COc1cccc(C)c1. The first-order chi connectivity index (χ1) is 13.4. The third kappa shape index (κ3) is 6.27. The highest BCUT2D eigenvalue weighted by Gasteiger charge is 2.28. The summed E-state index contributed by atoms with van der Waals surface area (Å²) in [4.78, 5) is 27.1. The van der Waals surface area contributed by atoms with Gasteiger partial charge in [-0.2, -0.15) is 0 Å². The molecule has 0 heterocycles. The van der Waals surface area contributed by atoms with Crippen molar-refractivity contribution in [2.45, 2.75) is 39.8 Å². The van der Waals surface area contributed by atoms with Crippen LogP contribution < -0.4 is 10.1 Å². The van der Waals surface area contributed by atoms with Gasteiger partial charge in [0.2, 0.25) is 5.91 Å².